The van der Waals surface area contributed by atoms with Crippen molar-refractivity contribution in [3.63, 3.8) is 0 Å². The first kappa shape index (κ1) is 35.3. The Bertz CT molecular complexity index is 1860. The third kappa shape index (κ3) is 9.98. The lowest BCUT2D eigenvalue weighted by molar-refractivity contribution is 0.302. The molecule has 2 heterocycles. The van der Waals surface area contributed by atoms with Crippen LogP contribution in [0.1, 0.15) is 42.0 Å². The lowest BCUT2D eigenvalue weighted by atomic mass is 9.88. The molecule has 0 spiro atoms. The Morgan fingerprint density at radius 1 is 0.787 bits per heavy atom. The first-order chi connectivity index (χ1) is 22.6. The predicted molar refractivity (Wildman–Crippen MR) is 201 cm³/mol. The fourth-order valence-corrected chi connectivity index (χ4v) is 7.31. The summed E-state index contributed by atoms with van der Waals surface area (Å²) in [5, 5.41) is 0. The second kappa shape index (κ2) is 16.9. The van der Waals surface area contributed by atoms with Crippen molar-refractivity contribution in [3.05, 3.63) is 175 Å². The largest absolute Gasteiger partial charge is 0.497 e. The zero-order chi connectivity index (χ0) is 33.8. The maximum atomic E-state index is 12.7. The van der Waals surface area contributed by atoms with E-state index in [1.165, 1.54) is 45.2 Å². The number of rotatable bonds is 4. The summed E-state index contributed by atoms with van der Waals surface area (Å²) < 4.78 is 31.7. The molecule has 0 aromatic heterocycles. The molecule has 4 nitrogen and oxygen atoms in total. The van der Waals surface area contributed by atoms with Crippen LogP contribution >= 0.6 is 11.8 Å². The number of aryl methyl sites for hydroxylation is 2. The molecule has 4 aromatic carbocycles. The van der Waals surface area contributed by atoms with Gasteiger partial charge in [-0.3, -0.25) is 4.31 Å². The first-order valence-corrected chi connectivity index (χ1v) is 17.8. The molecule has 0 N–H and O–H groups in total. The van der Waals surface area contributed by atoms with Crippen LogP contribution in [-0.2, 0) is 21.2 Å². The highest BCUT2D eigenvalue weighted by Gasteiger charge is 2.32. The zero-order valence-corrected chi connectivity index (χ0v) is 29.0. The van der Waals surface area contributed by atoms with E-state index in [0.29, 0.717) is 23.7 Å². The summed E-state index contributed by atoms with van der Waals surface area (Å²) in [7, 11) is -3.53. The summed E-state index contributed by atoms with van der Waals surface area (Å²) in [6, 6.07) is 33.2. The molecule has 0 radical (unpaired) electrons. The number of ether oxygens (including phenoxy) is 1. The number of hydrogen-bond acceptors (Lipinski definition) is 4. The average molecular weight is 662 g/mol. The first-order valence-electron chi connectivity index (χ1n) is 15.5. The van der Waals surface area contributed by atoms with Crippen LogP contribution in [0.5, 0.6) is 0 Å². The normalized spacial score (nSPS) is 14.3. The lowest BCUT2D eigenvalue weighted by Gasteiger charge is -2.19. The van der Waals surface area contributed by atoms with E-state index < -0.39 is 10.0 Å². The standard InChI is InChI=1S/C16H15NO2S.C11H12.C9H10S.C5H6O/c1-12-7-9-14(10-8-12)20(18,19)17-11-13(2)15-5-3-4-6-16(15)17;1-9-5-4-7-10-6-2-3-8-11(9)10;1-8(2)10-9-6-4-3-5-7-9;1-5-2-3-6-4-5/h3-10H,2,11H2,1H3;2-3,6,8H,1,4-5,7H2;3-7H,1H2,2H3;2-3H,1,4H2. The van der Waals surface area contributed by atoms with E-state index in [9.17, 15) is 8.42 Å². The van der Waals surface area contributed by atoms with Gasteiger partial charge in [0.25, 0.3) is 10.0 Å². The van der Waals surface area contributed by atoms with Gasteiger partial charge in [0, 0.05) is 10.5 Å². The summed E-state index contributed by atoms with van der Waals surface area (Å²) in [5.41, 5.74) is 8.71. The van der Waals surface area contributed by atoms with Gasteiger partial charge < -0.3 is 4.74 Å². The Morgan fingerprint density at radius 2 is 1.43 bits per heavy atom. The smallest absolute Gasteiger partial charge is 0.264 e. The molecule has 47 heavy (non-hydrogen) atoms. The molecular weight excluding hydrogens is 619 g/mol. The molecule has 0 amide bonds. The minimum atomic E-state index is -3.53. The van der Waals surface area contributed by atoms with Crippen molar-refractivity contribution in [1.82, 2.24) is 0 Å². The van der Waals surface area contributed by atoms with Crippen molar-refractivity contribution >= 4 is 38.6 Å². The van der Waals surface area contributed by atoms with E-state index in [0.717, 1.165) is 27.2 Å². The number of nitrogens with zero attached hydrogens (tertiary/aromatic N) is 1. The van der Waals surface area contributed by atoms with Gasteiger partial charge in [0.05, 0.1) is 23.4 Å². The van der Waals surface area contributed by atoms with Crippen LogP contribution in [0, 0.1) is 6.92 Å². The van der Waals surface area contributed by atoms with E-state index in [1.54, 1.807) is 30.2 Å². The molecule has 0 fully saturated rings. The van der Waals surface area contributed by atoms with Crippen LogP contribution in [0.25, 0.3) is 11.1 Å². The highest BCUT2D eigenvalue weighted by molar-refractivity contribution is 8.03. The van der Waals surface area contributed by atoms with Gasteiger partial charge in [-0.15, -0.1) is 0 Å². The second-order valence-corrected chi connectivity index (χ2v) is 14.7. The molecule has 0 atom stereocenters. The minimum Gasteiger partial charge on any atom is -0.497 e. The van der Waals surface area contributed by atoms with Crippen molar-refractivity contribution in [2.24, 2.45) is 0 Å². The van der Waals surface area contributed by atoms with Gasteiger partial charge in [0.15, 0.2) is 0 Å². The molecule has 0 unspecified atom stereocenters. The van der Waals surface area contributed by atoms with Crippen molar-refractivity contribution in [2.45, 2.75) is 42.9 Å². The molecule has 0 saturated heterocycles. The highest BCUT2D eigenvalue weighted by Crippen LogP contribution is 2.38. The third-order valence-electron chi connectivity index (χ3n) is 7.52. The number of sulfonamides is 1. The quantitative estimate of drug-likeness (QED) is 0.204. The van der Waals surface area contributed by atoms with Crippen LogP contribution in [0.2, 0.25) is 0 Å². The summed E-state index contributed by atoms with van der Waals surface area (Å²) in [4.78, 5) is 2.70. The van der Waals surface area contributed by atoms with Crippen LogP contribution in [0.3, 0.4) is 0 Å². The Balaban J connectivity index is 0.000000156. The van der Waals surface area contributed by atoms with E-state index in [-0.39, 0.29) is 0 Å². The van der Waals surface area contributed by atoms with Crippen LogP contribution in [0.4, 0.5) is 5.69 Å². The van der Waals surface area contributed by atoms with Crippen molar-refractivity contribution in [3.8, 4) is 0 Å². The van der Waals surface area contributed by atoms with Gasteiger partial charge in [0.2, 0.25) is 0 Å². The Hall–Kier alpha value is -4.52. The Kier molecular flexibility index (Phi) is 12.7. The molecule has 6 heteroatoms. The maximum absolute atomic E-state index is 12.7. The van der Waals surface area contributed by atoms with Crippen LogP contribution in [-0.4, -0.2) is 21.6 Å². The molecular formula is C41H43NO3S2. The van der Waals surface area contributed by atoms with E-state index in [1.807, 2.05) is 74.5 Å². The minimum absolute atomic E-state index is 0.313. The number of para-hydroxylation sites is 1. The molecule has 0 bridgehead atoms. The third-order valence-corrected chi connectivity index (χ3v) is 10.2. The summed E-state index contributed by atoms with van der Waals surface area (Å²) in [6.07, 6.45) is 7.20. The van der Waals surface area contributed by atoms with Gasteiger partial charge in [-0.1, -0.05) is 116 Å². The zero-order valence-electron chi connectivity index (χ0n) is 27.3. The van der Waals surface area contributed by atoms with Gasteiger partial charge in [0.1, 0.15) is 6.61 Å². The molecule has 2 aliphatic heterocycles. The summed E-state index contributed by atoms with van der Waals surface area (Å²) in [5.74, 6) is 0. The molecule has 7 rings (SSSR count). The Morgan fingerprint density at radius 3 is 2.02 bits per heavy atom. The SMILES string of the molecule is C=C(C)Sc1ccccc1.C=C1C=COC1.C=C1CCCc2ccccc21.C=C1CN(S(=O)(=O)c2ccc(C)cc2)c2ccccc21. The molecule has 0 saturated carbocycles. The van der Waals surface area contributed by atoms with E-state index >= 15 is 0 Å². The number of anilines is 1. The number of thioether (sulfide) groups is 1. The fourth-order valence-electron chi connectivity index (χ4n) is 5.13. The summed E-state index contributed by atoms with van der Waals surface area (Å²) in [6.45, 7) is 20.4. The highest BCUT2D eigenvalue weighted by atomic mass is 32.2. The maximum Gasteiger partial charge on any atom is 0.264 e. The second-order valence-electron chi connectivity index (χ2n) is 11.4. The van der Waals surface area contributed by atoms with Gasteiger partial charge in [-0.25, -0.2) is 8.42 Å². The lowest BCUT2D eigenvalue weighted by Crippen LogP contribution is -2.28. The van der Waals surface area contributed by atoms with Crippen LogP contribution in [0.15, 0.2) is 162 Å². The van der Waals surface area contributed by atoms with Crippen molar-refractivity contribution in [2.75, 3.05) is 17.5 Å². The fraction of sp³-hybridized carbons (Fsp3) is 0.171. The number of allylic oxidation sites excluding steroid dienone is 2. The number of fused-ring (bicyclic) bond motifs is 2. The number of benzene rings is 4. The topological polar surface area (TPSA) is 46.6 Å². The summed E-state index contributed by atoms with van der Waals surface area (Å²) >= 11 is 1.70. The number of hydrogen-bond donors (Lipinski definition) is 0. The van der Waals surface area contributed by atoms with Gasteiger partial charge >= 0.3 is 0 Å². The van der Waals surface area contributed by atoms with Crippen molar-refractivity contribution < 1.29 is 13.2 Å². The van der Waals surface area contributed by atoms with Crippen LogP contribution < -0.4 is 4.31 Å². The Labute approximate surface area is 285 Å². The molecule has 1 aliphatic carbocycles. The van der Waals surface area contributed by atoms with Gasteiger partial charge in [-0.05, 0) is 102 Å². The molecule has 242 valence electrons. The molecule has 3 aliphatic rings. The monoisotopic (exact) mass is 661 g/mol. The molecule has 4 aromatic rings. The van der Waals surface area contributed by atoms with E-state index in [4.69, 9.17) is 4.74 Å². The van der Waals surface area contributed by atoms with Gasteiger partial charge in [-0.2, -0.15) is 0 Å². The van der Waals surface area contributed by atoms with E-state index in [2.05, 4.69) is 62.7 Å². The van der Waals surface area contributed by atoms with Crippen molar-refractivity contribution in [1.29, 1.82) is 0 Å². The predicted octanol–water partition coefficient (Wildman–Crippen LogP) is 10.7. The average Bonchev–Trinajstić information content (AvgIpc) is 3.69.